The van der Waals surface area contributed by atoms with E-state index in [2.05, 4.69) is 46.7 Å². The van der Waals surface area contributed by atoms with Crippen molar-refractivity contribution in [2.24, 2.45) is 0 Å². The summed E-state index contributed by atoms with van der Waals surface area (Å²) in [4.78, 5) is 19.1. The molecule has 16 heavy (non-hydrogen) atoms. The number of nitrogens with one attached hydrogen (secondary N) is 3. The summed E-state index contributed by atoms with van der Waals surface area (Å²) in [5.41, 5.74) is 0. The Bertz CT molecular complexity index is 468. The Kier molecular flexibility index (Phi) is 3.10. The lowest BCUT2D eigenvalue weighted by Crippen LogP contribution is -2.20. The van der Waals surface area contributed by atoms with Gasteiger partial charge in [-0.2, -0.15) is 10.1 Å². The van der Waals surface area contributed by atoms with E-state index in [1.54, 1.807) is 18.3 Å². The van der Waals surface area contributed by atoms with Gasteiger partial charge in [-0.25, -0.2) is 14.9 Å². The number of aromatic amines is 1. The SMILES string of the molecule is O=C(Nc1ccc(Br)cn1)Nc1ncn[nH]1. The summed E-state index contributed by atoms with van der Waals surface area (Å²) in [6.45, 7) is 0. The maximum Gasteiger partial charge on any atom is 0.327 e. The van der Waals surface area contributed by atoms with Crippen LogP contribution in [0.15, 0.2) is 29.1 Å². The molecule has 0 unspecified atom stereocenters. The highest BCUT2D eigenvalue weighted by Gasteiger charge is 2.04. The third-order valence-corrected chi connectivity index (χ3v) is 2.09. The van der Waals surface area contributed by atoms with Gasteiger partial charge in [-0.05, 0) is 28.1 Å². The van der Waals surface area contributed by atoms with E-state index in [1.165, 1.54) is 6.33 Å². The van der Waals surface area contributed by atoms with Crippen molar-refractivity contribution in [1.82, 2.24) is 20.2 Å². The van der Waals surface area contributed by atoms with Gasteiger partial charge >= 0.3 is 6.03 Å². The fraction of sp³-hybridized carbons (Fsp3) is 0. The van der Waals surface area contributed by atoms with Crippen LogP contribution >= 0.6 is 15.9 Å². The van der Waals surface area contributed by atoms with E-state index >= 15 is 0 Å². The first-order chi connectivity index (χ1) is 7.74. The van der Waals surface area contributed by atoms with Crippen molar-refractivity contribution >= 4 is 33.7 Å². The number of amides is 2. The molecule has 82 valence electrons. The summed E-state index contributed by atoms with van der Waals surface area (Å²) in [6, 6.07) is 3.01. The highest BCUT2D eigenvalue weighted by atomic mass is 79.9. The van der Waals surface area contributed by atoms with Gasteiger partial charge in [0.05, 0.1) is 0 Å². The molecule has 0 spiro atoms. The van der Waals surface area contributed by atoms with E-state index < -0.39 is 6.03 Å². The van der Waals surface area contributed by atoms with Crippen LogP contribution in [0.1, 0.15) is 0 Å². The number of aromatic nitrogens is 4. The average Bonchev–Trinajstić information content (AvgIpc) is 2.74. The van der Waals surface area contributed by atoms with Crippen LogP contribution < -0.4 is 10.6 Å². The van der Waals surface area contributed by atoms with Crippen LogP contribution in [0.4, 0.5) is 16.6 Å². The van der Waals surface area contributed by atoms with Crippen LogP contribution in [0, 0.1) is 0 Å². The Morgan fingerprint density at radius 3 is 2.81 bits per heavy atom. The summed E-state index contributed by atoms with van der Waals surface area (Å²) in [5, 5.41) is 11.1. The molecular weight excluding hydrogens is 276 g/mol. The second-order valence-corrected chi connectivity index (χ2v) is 3.69. The fourth-order valence-corrected chi connectivity index (χ4v) is 1.21. The Morgan fingerprint density at radius 2 is 2.19 bits per heavy atom. The summed E-state index contributed by atoms with van der Waals surface area (Å²) >= 11 is 3.25. The first kappa shape index (κ1) is 10.6. The van der Waals surface area contributed by atoms with Crippen molar-refractivity contribution < 1.29 is 4.79 Å². The van der Waals surface area contributed by atoms with Crippen molar-refractivity contribution in [3.8, 4) is 0 Å². The van der Waals surface area contributed by atoms with Gasteiger partial charge in [0.15, 0.2) is 0 Å². The van der Waals surface area contributed by atoms with Crippen molar-refractivity contribution in [2.45, 2.75) is 0 Å². The minimum Gasteiger partial charge on any atom is -0.292 e. The molecule has 2 amide bonds. The Morgan fingerprint density at radius 1 is 1.31 bits per heavy atom. The van der Waals surface area contributed by atoms with E-state index in [4.69, 9.17) is 0 Å². The molecule has 0 saturated heterocycles. The molecule has 0 atom stereocenters. The number of halogens is 1. The van der Waals surface area contributed by atoms with Crippen LogP contribution in [-0.4, -0.2) is 26.2 Å². The van der Waals surface area contributed by atoms with Gasteiger partial charge < -0.3 is 0 Å². The zero-order chi connectivity index (χ0) is 11.4. The predicted molar refractivity (Wildman–Crippen MR) is 61.0 cm³/mol. The number of rotatable bonds is 2. The maximum atomic E-state index is 11.4. The van der Waals surface area contributed by atoms with Crippen LogP contribution in [0.3, 0.4) is 0 Å². The Balaban J connectivity index is 1.95. The summed E-state index contributed by atoms with van der Waals surface area (Å²) < 4.78 is 0.841. The molecule has 0 fully saturated rings. The van der Waals surface area contributed by atoms with Gasteiger partial charge in [-0.3, -0.25) is 10.6 Å². The molecule has 3 N–H and O–H groups in total. The molecule has 7 nitrogen and oxygen atoms in total. The average molecular weight is 283 g/mol. The summed E-state index contributed by atoms with van der Waals surface area (Å²) in [6.07, 6.45) is 2.89. The lowest BCUT2D eigenvalue weighted by atomic mass is 10.5. The van der Waals surface area contributed by atoms with Crippen LogP contribution in [0.2, 0.25) is 0 Å². The number of hydrogen-bond donors (Lipinski definition) is 3. The molecule has 0 aliphatic carbocycles. The molecule has 0 saturated carbocycles. The number of H-pyrrole nitrogens is 1. The largest absolute Gasteiger partial charge is 0.327 e. The lowest BCUT2D eigenvalue weighted by molar-refractivity contribution is 0.262. The number of urea groups is 1. The van der Waals surface area contributed by atoms with E-state index in [0.717, 1.165) is 4.47 Å². The van der Waals surface area contributed by atoms with E-state index in [1.807, 2.05) is 0 Å². The van der Waals surface area contributed by atoms with Crippen LogP contribution in [-0.2, 0) is 0 Å². The number of nitrogens with zero attached hydrogens (tertiary/aromatic N) is 3. The number of anilines is 2. The number of hydrogen-bond acceptors (Lipinski definition) is 4. The normalized spacial score (nSPS) is 9.81. The highest BCUT2D eigenvalue weighted by molar-refractivity contribution is 9.10. The minimum absolute atomic E-state index is 0.273. The molecule has 0 bridgehead atoms. The van der Waals surface area contributed by atoms with Crippen molar-refractivity contribution in [2.75, 3.05) is 10.6 Å². The topological polar surface area (TPSA) is 95.6 Å². The van der Waals surface area contributed by atoms with Crippen LogP contribution in [0.25, 0.3) is 0 Å². The molecule has 8 heteroatoms. The second-order valence-electron chi connectivity index (χ2n) is 2.77. The van der Waals surface area contributed by atoms with E-state index in [-0.39, 0.29) is 5.95 Å². The monoisotopic (exact) mass is 282 g/mol. The third-order valence-electron chi connectivity index (χ3n) is 1.62. The van der Waals surface area contributed by atoms with Gasteiger partial charge in [0.2, 0.25) is 5.95 Å². The van der Waals surface area contributed by atoms with Gasteiger partial charge in [0, 0.05) is 10.7 Å². The fourth-order valence-electron chi connectivity index (χ4n) is 0.971. The first-order valence-corrected chi connectivity index (χ1v) is 5.08. The Hall–Kier alpha value is -1.96. The molecule has 2 aromatic heterocycles. The summed E-state index contributed by atoms with van der Waals surface area (Å²) in [7, 11) is 0. The lowest BCUT2D eigenvalue weighted by Gasteiger charge is -2.03. The van der Waals surface area contributed by atoms with Crippen molar-refractivity contribution in [1.29, 1.82) is 0 Å². The van der Waals surface area contributed by atoms with Gasteiger partial charge in [0.1, 0.15) is 12.1 Å². The van der Waals surface area contributed by atoms with Crippen molar-refractivity contribution in [3.63, 3.8) is 0 Å². The number of pyridine rings is 1. The molecule has 2 rings (SSSR count). The second kappa shape index (κ2) is 4.71. The number of carbonyl (C=O) groups is 1. The predicted octanol–water partition coefficient (Wildman–Crippen LogP) is 1.61. The first-order valence-electron chi connectivity index (χ1n) is 4.29. The Labute approximate surface area is 98.8 Å². The van der Waals surface area contributed by atoms with Gasteiger partial charge in [-0.1, -0.05) is 0 Å². The smallest absolute Gasteiger partial charge is 0.292 e. The number of carbonyl (C=O) groups excluding carboxylic acids is 1. The van der Waals surface area contributed by atoms with Crippen molar-refractivity contribution in [3.05, 3.63) is 29.1 Å². The van der Waals surface area contributed by atoms with Gasteiger partial charge in [0.25, 0.3) is 0 Å². The third kappa shape index (κ3) is 2.76. The molecular formula is C8H7BrN6O. The molecule has 2 aromatic rings. The zero-order valence-electron chi connectivity index (χ0n) is 7.94. The molecule has 0 aromatic carbocycles. The van der Waals surface area contributed by atoms with Gasteiger partial charge in [-0.15, -0.1) is 0 Å². The molecule has 2 heterocycles. The highest BCUT2D eigenvalue weighted by Crippen LogP contribution is 2.10. The zero-order valence-corrected chi connectivity index (χ0v) is 9.52. The quantitative estimate of drug-likeness (QED) is 0.780. The van der Waals surface area contributed by atoms with Crippen LogP contribution in [0.5, 0.6) is 0 Å². The maximum absolute atomic E-state index is 11.4. The minimum atomic E-state index is -0.438. The molecule has 0 aliphatic rings. The standard InChI is InChI=1S/C8H7BrN6O/c9-5-1-2-6(10-3-5)13-8(16)14-7-11-4-12-15-7/h1-4H,(H3,10,11,12,13,14,15,16). The van der Waals surface area contributed by atoms with E-state index in [0.29, 0.717) is 5.82 Å². The van der Waals surface area contributed by atoms with E-state index in [9.17, 15) is 4.79 Å². The summed E-state index contributed by atoms with van der Waals surface area (Å²) in [5.74, 6) is 0.717. The molecule has 0 aliphatic heterocycles. The molecule has 0 radical (unpaired) electrons.